The number of pyridine rings is 1. The first-order valence-electron chi connectivity index (χ1n) is 7.87. The summed E-state index contributed by atoms with van der Waals surface area (Å²) in [5.41, 5.74) is 1.92. The Kier molecular flexibility index (Phi) is 5.28. The summed E-state index contributed by atoms with van der Waals surface area (Å²) in [6, 6.07) is 12.1. The Bertz CT molecular complexity index is 907. The Balaban J connectivity index is 1.73. The number of carbonyl (C=O) groups is 2. The van der Waals surface area contributed by atoms with Gasteiger partial charge in [-0.25, -0.2) is 4.79 Å². The normalized spacial score (nSPS) is 10.2. The number of amides is 1. The lowest BCUT2D eigenvalue weighted by atomic mass is 10.1. The van der Waals surface area contributed by atoms with Gasteiger partial charge in [0.15, 0.2) is 0 Å². The number of hydrogen-bond acceptors (Lipinski definition) is 6. The summed E-state index contributed by atoms with van der Waals surface area (Å²) in [7, 11) is 1.32. The van der Waals surface area contributed by atoms with E-state index in [1.807, 2.05) is 0 Å². The van der Waals surface area contributed by atoms with Gasteiger partial charge in [0.1, 0.15) is 5.76 Å². The van der Waals surface area contributed by atoms with E-state index in [0.717, 1.165) is 0 Å². The largest absolute Gasteiger partial charge is 0.467 e. The number of rotatable bonds is 6. The lowest BCUT2D eigenvalue weighted by Crippen LogP contribution is -2.22. The lowest BCUT2D eigenvalue weighted by Gasteiger charge is -2.11. The SMILES string of the molecule is COC(=O)c1ccccc1Nc1cncc(C(=O)NCc2ccco2)c1. The first kappa shape index (κ1) is 17.2. The van der Waals surface area contributed by atoms with Gasteiger partial charge in [-0.1, -0.05) is 12.1 Å². The molecule has 3 rings (SSSR count). The molecule has 0 radical (unpaired) electrons. The van der Waals surface area contributed by atoms with Crippen LogP contribution < -0.4 is 10.6 Å². The van der Waals surface area contributed by atoms with Gasteiger partial charge in [-0.05, 0) is 30.3 Å². The van der Waals surface area contributed by atoms with E-state index in [-0.39, 0.29) is 12.5 Å². The van der Waals surface area contributed by atoms with Gasteiger partial charge in [0.05, 0.1) is 48.6 Å². The van der Waals surface area contributed by atoms with Gasteiger partial charge in [-0.3, -0.25) is 9.78 Å². The molecule has 26 heavy (non-hydrogen) atoms. The van der Waals surface area contributed by atoms with Crippen molar-refractivity contribution in [3.63, 3.8) is 0 Å². The molecule has 2 N–H and O–H groups in total. The van der Waals surface area contributed by atoms with Crippen molar-refractivity contribution >= 4 is 23.3 Å². The van der Waals surface area contributed by atoms with Gasteiger partial charge in [0.25, 0.3) is 5.91 Å². The highest BCUT2D eigenvalue weighted by atomic mass is 16.5. The standard InChI is InChI=1S/C19H17N3O4/c1-25-19(24)16-6-2-3-7-17(16)22-14-9-13(10-20-11-14)18(23)21-12-15-5-4-8-26-15/h2-11,22H,12H2,1H3,(H,21,23). The van der Waals surface area contributed by atoms with Crippen molar-refractivity contribution in [3.8, 4) is 0 Å². The van der Waals surface area contributed by atoms with E-state index in [0.29, 0.717) is 28.3 Å². The fraction of sp³-hybridized carbons (Fsp3) is 0.105. The molecule has 2 aromatic heterocycles. The van der Waals surface area contributed by atoms with Crippen LogP contribution in [0.15, 0.2) is 65.5 Å². The second-order valence-electron chi connectivity index (χ2n) is 5.39. The molecule has 132 valence electrons. The van der Waals surface area contributed by atoms with E-state index in [2.05, 4.69) is 15.6 Å². The molecule has 0 spiro atoms. The smallest absolute Gasteiger partial charge is 0.339 e. The zero-order valence-electron chi connectivity index (χ0n) is 14.1. The second-order valence-corrected chi connectivity index (χ2v) is 5.39. The summed E-state index contributed by atoms with van der Waals surface area (Å²) in [5.74, 6) is -0.0696. The van der Waals surface area contributed by atoms with Crippen LogP contribution in [-0.2, 0) is 11.3 Å². The minimum atomic E-state index is -0.451. The number of ether oxygens (including phenoxy) is 1. The fourth-order valence-corrected chi connectivity index (χ4v) is 2.35. The number of hydrogen-bond donors (Lipinski definition) is 2. The Labute approximate surface area is 150 Å². The number of esters is 1. The highest BCUT2D eigenvalue weighted by molar-refractivity contribution is 5.97. The van der Waals surface area contributed by atoms with Crippen LogP contribution in [0.2, 0.25) is 0 Å². The number of furan rings is 1. The molecule has 1 amide bonds. The Hall–Kier alpha value is -3.61. The van der Waals surface area contributed by atoms with Crippen LogP contribution in [0.4, 0.5) is 11.4 Å². The van der Waals surface area contributed by atoms with E-state index in [9.17, 15) is 9.59 Å². The highest BCUT2D eigenvalue weighted by Crippen LogP contribution is 2.21. The van der Waals surface area contributed by atoms with Gasteiger partial charge in [0.2, 0.25) is 0 Å². The molecule has 0 fully saturated rings. The molecule has 7 heteroatoms. The molecule has 7 nitrogen and oxygen atoms in total. The van der Waals surface area contributed by atoms with Crippen LogP contribution in [0.3, 0.4) is 0 Å². The third-order valence-corrected chi connectivity index (χ3v) is 3.62. The van der Waals surface area contributed by atoms with Gasteiger partial charge >= 0.3 is 5.97 Å². The average Bonchev–Trinajstić information content (AvgIpc) is 3.20. The number of methoxy groups -OCH3 is 1. The van der Waals surface area contributed by atoms with Crippen LogP contribution in [0.1, 0.15) is 26.5 Å². The van der Waals surface area contributed by atoms with Crippen LogP contribution in [0, 0.1) is 0 Å². The number of nitrogens with zero attached hydrogens (tertiary/aromatic N) is 1. The van der Waals surface area contributed by atoms with E-state index >= 15 is 0 Å². The Morgan fingerprint density at radius 3 is 2.77 bits per heavy atom. The number of aromatic nitrogens is 1. The molecule has 0 bridgehead atoms. The topological polar surface area (TPSA) is 93.5 Å². The zero-order chi connectivity index (χ0) is 18.4. The molecular weight excluding hydrogens is 334 g/mol. The van der Waals surface area contributed by atoms with Gasteiger partial charge in [-0.2, -0.15) is 0 Å². The summed E-state index contributed by atoms with van der Waals surface area (Å²) < 4.78 is 9.96. The maximum Gasteiger partial charge on any atom is 0.339 e. The highest BCUT2D eigenvalue weighted by Gasteiger charge is 2.12. The molecule has 0 aliphatic heterocycles. The molecule has 0 saturated carbocycles. The molecule has 0 aliphatic carbocycles. The Morgan fingerprint density at radius 1 is 1.15 bits per heavy atom. The molecule has 1 aromatic carbocycles. The molecular formula is C19H17N3O4. The van der Waals surface area contributed by atoms with Crippen molar-refractivity contribution in [1.29, 1.82) is 0 Å². The number of para-hydroxylation sites is 1. The summed E-state index contributed by atoms with van der Waals surface area (Å²) in [5, 5.41) is 5.85. The van der Waals surface area contributed by atoms with E-state index in [1.54, 1.807) is 54.9 Å². The molecule has 0 atom stereocenters. The van der Waals surface area contributed by atoms with Crippen LogP contribution >= 0.6 is 0 Å². The quantitative estimate of drug-likeness (QED) is 0.663. The fourth-order valence-electron chi connectivity index (χ4n) is 2.35. The number of nitrogens with one attached hydrogen (secondary N) is 2. The molecule has 3 aromatic rings. The Morgan fingerprint density at radius 2 is 2.00 bits per heavy atom. The monoisotopic (exact) mass is 351 g/mol. The molecule has 0 aliphatic rings. The van der Waals surface area contributed by atoms with Crippen molar-refractivity contribution in [1.82, 2.24) is 10.3 Å². The summed E-state index contributed by atoms with van der Waals surface area (Å²) >= 11 is 0. The predicted molar refractivity (Wildman–Crippen MR) is 95.2 cm³/mol. The maximum atomic E-state index is 12.3. The van der Waals surface area contributed by atoms with E-state index < -0.39 is 5.97 Å². The number of benzene rings is 1. The molecule has 2 heterocycles. The summed E-state index contributed by atoms with van der Waals surface area (Å²) in [6.45, 7) is 0.286. The summed E-state index contributed by atoms with van der Waals surface area (Å²) in [4.78, 5) is 28.2. The minimum absolute atomic E-state index is 0.279. The van der Waals surface area contributed by atoms with Gasteiger partial charge in [0, 0.05) is 6.20 Å². The maximum absolute atomic E-state index is 12.3. The van der Waals surface area contributed by atoms with Gasteiger partial charge in [-0.15, -0.1) is 0 Å². The first-order chi connectivity index (χ1) is 12.7. The third-order valence-electron chi connectivity index (χ3n) is 3.62. The number of anilines is 2. The van der Waals surface area contributed by atoms with Crippen molar-refractivity contribution in [2.75, 3.05) is 12.4 Å². The van der Waals surface area contributed by atoms with Crippen molar-refractivity contribution < 1.29 is 18.7 Å². The third kappa shape index (κ3) is 4.07. The summed E-state index contributed by atoms with van der Waals surface area (Å²) in [6.07, 6.45) is 4.58. The first-order valence-corrected chi connectivity index (χ1v) is 7.87. The zero-order valence-corrected chi connectivity index (χ0v) is 14.1. The predicted octanol–water partition coefficient (Wildman–Crippen LogP) is 3.13. The van der Waals surface area contributed by atoms with Gasteiger partial charge < -0.3 is 19.8 Å². The van der Waals surface area contributed by atoms with Crippen LogP contribution in [0.25, 0.3) is 0 Å². The minimum Gasteiger partial charge on any atom is -0.467 e. The van der Waals surface area contributed by atoms with E-state index in [4.69, 9.17) is 9.15 Å². The lowest BCUT2D eigenvalue weighted by molar-refractivity contribution is 0.0601. The molecule has 0 unspecified atom stereocenters. The number of carbonyl (C=O) groups excluding carboxylic acids is 2. The van der Waals surface area contributed by atoms with Crippen LogP contribution in [-0.4, -0.2) is 24.0 Å². The van der Waals surface area contributed by atoms with Crippen LogP contribution in [0.5, 0.6) is 0 Å². The van der Waals surface area contributed by atoms with Crippen molar-refractivity contribution in [2.45, 2.75) is 6.54 Å². The second kappa shape index (κ2) is 7.98. The van der Waals surface area contributed by atoms with Crippen molar-refractivity contribution in [2.24, 2.45) is 0 Å². The van der Waals surface area contributed by atoms with E-state index in [1.165, 1.54) is 13.3 Å². The molecule has 0 saturated heterocycles. The average molecular weight is 351 g/mol. The van der Waals surface area contributed by atoms with Crippen molar-refractivity contribution in [3.05, 3.63) is 78.0 Å².